The Kier molecular flexibility index (Phi) is 3.72. The molecule has 1 aromatic rings. The van der Waals surface area contributed by atoms with Crippen molar-refractivity contribution in [3.05, 3.63) is 59.4 Å². The van der Waals surface area contributed by atoms with Crippen LogP contribution < -0.4 is 5.32 Å². The van der Waals surface area contributed by atoms with Crippen LogP contribution in [0.5, 0.6) is 0 Å². The van der Waals surface area contributed by atoms with E-state index in [0.29, 0.717) is 11.6 Å². The molecule has 6 nitrogen and oxygen atoms in total. The van der Waals surface area contributed by atoms with Crippen molar-refractivity contribution in [2.45, 2.75) is 6.23 Å². The zero-order chi connectivity index (χ0) is 15.7. The molecule has 1 N–H and O–H groups in total. The minimum Gasteiger partial charge on any atom is -0.455 e. The number of nitrogens with zero attached hydrogens (tertiary/aromatic N) is 2. The number of halogens is 1. The van der Waals surface area contributed by atoms with E-state index in [1.807, 2.05) is 31.1 Å². The van der Waals surface area contributed by atoms with Gasteiger partial charge in [0.2, 0.25) is 5.88 Å². The molecule has 0 aliphatic carbocycles. The molecule has 0 bridgehead atoms. The predicted molar refractivity (Wildman–Crippen MR) is 76.4 cm³/mol. The van der Waals surface area contributed by atoms with Gasteiger partial charge in [-0.1, -0.05) is 6.07 Å². The molecule has 0 radical (unpaired) electrons. The molecule has 0 saturated heterocycles. The second kappa shape index (κ2) is 5.69. The quantitative estimate of drug-likeness (QED) is 0.911. The zero-order valence-electron chi connectivity index (χ0n) is 12.2. The van der Waals surface area contributed by atoms with Gasteiger partial charge < -0.3 is 14.9 Å². The largest absolute Gasteiger partial charge is 0.455 e. The summed E-state index contributed by atoms with van der Waals surface area (Å²) in [7, 11) is 3.80. The van der Waals surface area contributed by atoms with Crippen molar-refractivity contribution >= 4 is 5.97 Å². The maximum Gasteiger partial charge on any atom is 0.363 e. The molecule has 1 aromatic carbocycles. The van der Waals surface area contributed by atoms with E-state index < -0.39 is 11.8 Å². The van der Waals surface area contributed by atoms with E-state index in [1.165, 1.54) is 23.3 Å². The third-order valence-electron chi connectivity index (χ3n) is 3.30. The Morgan fingerprint density at radius 1 is 1.50 bits per heavy atom. The van der Waals surface area contributed by atoms with Crippen LogP contribution in [0.3, 0.4) is 0 Å². The molecular weight excluding hydrogens is 289 g/mol. The summed E-state index contributed by atoms with van der Waals surface area (Å²) in [5.74, 6) is -0.560. The SMILES string of the molecule is CN(C)C1C=CC2=C(NCN2OC(=O)c2cccc(F)c2)O1. The van der Waals surface area contributed by atoms with E-state index in [4.69, 9.17) is 9.57 Å². The third-order valence-corrected chi connectivity index (χ3v) is 3.30. The summed E-state index contributed by atoms with van der Waals surface area (Å²) in [5, 5.41) is 4.40. The molecule has 22 heavy (non-hydrogen) atoms. The Morgan fingerprint density at radius 3 is 3.05 bits per heavy atom. The molecule has 2 aliphatic heterocycles. The van der Waals surface area contributed by atoms with Gasteiger partial charge in [0.05, 0.1) is 5.56 Å². The number of likely N-dealkylation sites (N-methyl/N-ethyl adjacent to an activating group) is 1. The van der Waals surface area contributed by atoms with Crippen LogP contribution in [0.4, 0.5) is 4.39 Å². The summed E-state index contributed by atoms with van der Waals surface area (Å²) in [6.07, 6.45) is 3.50. The fraction of sp³-hybridized carbons (Fsp3) is 0.267. The van der Waals surface area contributed by atoms with Gasteiger partial charge in [-0.2, -0.15) is 5.06 Å². The fourth-order valence-electron chi connectivity index (χ4n) is 2.15. The van der Waals surface area contributed by atoms with E-state index >= 15 is 0 Å². The molecule has 2 heterocycles. The first-order chi connectivity index (χ1) is 10.5. The van der Waals surface area contributed by atoms with Crippen molar-refractivity contribution in [2.24, 2.45) is 0 Å². The van der Waals surface area contributed by atoms with E-state index in [9.17, 15) is 9.18 Å². The Hall–Kier alpha value is -2.54. The second-order valence-corrected chi connectivity index (χ2v) is 5.15. The van der Waals surface area contributed by atoms with E-state index in [0.717, 1.165) is 6.07 Å². The summed E-state index contributed by atoms with van der Waals surface area (Å²) in [5.41, 5.74) is 0.781. The van der Waals surface area contributed by atoms with Gasteiger partial charge in [-0.15, -0.1) is 0 Å². The molecule has 1 atom stereocenters. The Labute approximate surface area is 127 Å². The number of allylic oxidation sites excluding steroid dienone is 1. The van der Waals surface area contributed by atoms with Gasteiger partial charge in [0.25, 0.3) is 0 Å². The molecular formula is C15H16FN3O3. The summed E-state index contributed by atoms with van der Waals surface area (Å²) in [4.78, 5) is 19.2. The lowest BCUT2D eigenvalue weighted by atomic mass is 10.2. The van der Waals surface area contributed by atoms with Crippen molar-refractivity contribution in [3.8, 4) is 0 Å². The van der Waals surface area contributed by atoms with Crippen molar-refractivity contribution in [3.63, 3.8) is 0 Å². The normalized spacial score (nSPS) is 19.8. The topological polar surface area (TPSA) is 54.0 Å². The molecule has 3 rings (SSSR count). The highest BCUT2D eigenvalue weighted by molar-refractivity contribution is 5.89. The second-order valence-electron chi connectivity index (χ2n) is 5.15. The monoisotopic (exact) mass is 305 g/mol. The first-order valence-corrected chi connectivity index (χ1v) is 6.79. The number of ether oxygens (including phenoxy) is 1. The van der Waals surface area contributed by atoms with Crippen LogP contribution in [0, 0.1) is 5.82 Å². The standard InChI is InChI=1S/C15H16FN3O3/c1-18(2)13-7-6-12-14(21-13)17-9-19(12)22-15(20)10-4-3-5-11(16)8-10/h3-8,13,17H,9H2,1-2H3. The number of carbonyl (C=O) groups excluding carboxylic acids is 1. The summed E-state index contributed by atoms with van der Waals surface area (Å²) in [6.45, 7) is 0.274. The van der Waals surface area contributed by atoms with E-state index in [1.54, 1.807) is 0 Å². The van der Waals surface area contributed by atoms with Gasteiger partial charge in [-0.3, -0.25) is 4.90 Å². The van der Waals surface area contributed by atoms with Crippen LogP contribution in [-0.4, -0.2) is 42.9 Å². The number of hydroxylamine groups is 2. The summed E-state index contributed by atoms with van der Waals surface area (Å²) >= 11 is 0. The van der Waals surface area contributed by atoms with Crippen molar-refractivity contribution in [2.75, 3.05) is 20.8 Å². The molecule has 2 aliphatic rings. The van der Waals surface area contributed by atoms with Crippen LogP contribution in [-0.2, 0) is 9.57 Å². The lowest BCUT2D eigenvalue weighted by Gasteiger charge is -2.26. The Bertz CT molecular complexity index is 657. The highest BCUT2D eigenvalue weighted by atomic mass is 19.1. The Balaban J connectivity index is 1.70. The fourth-order valence-corrected chi connectivity index (χ4v) is 2.15. The molecule has 1 unspecified atom stereocenters. The maximum absolute atomic E-state index is 13.1. The molecule has 0 spiro atoms. The smallest absolute Gasteiger partial charge is 0.363 e. The number of nitrogens with one attached hydrogen (secondary N) is 1. The molecule has 0 fully saturated rings. The third kappa shape index (κ3) is 2.75. The van der Waals surface area contributed by atoms with Crippen molar-refractivity contribution in [1.29, 1.82) is 0 Å². The van der Waals surface area contributed by atoms with Gasteiger partial charge >= 0.3 is 5.97 Å². The van der Waals surface area contributed by atoms with Crippen LogP contribution >= 0.6 is 0 Å². The molecule has 116 valence electrons. The highest BCUT2D eigenvalue weighted by Crippen LogP contribution is 2.25. The van der Waals surface area contributed by atoms with Crippen LogP contribution in [0.2, 0.25) is 0 Å². The number of carbonyl (C=O) groups is 1. The van der Waals surface area contributed by atoms with E-state index in [2.05, 4.69) is 5.32 Å². The van der Waals surface area contributed by atoms with Crippen LogP contribution in [0.15, 0.2) is 48.0 Å². The lowest BCUT2D eigenvalue weighted by molar-refractivity contribution is -0.0762. The zero-order valence-corrected chi connectivity index (χ0v) is 12.2. The van der Waals surface area contributed by atoms with Gasteiger partial charge in [-0.25, -0.2) is 9.18 Å². The van der Waals surface area contributed by atoms with Gasteiger partial charge in [0.15, 0.2) is 6.23 Å². The first kappa shape index (κ1) is 14.4. The molecule has 0 saturated carbocycles. The van der Waals surface area contributed by atoms with Crippen molar-refractivity contribution in [1.82, 2.24) is 15.3 Å². The van der Waals surface area contributed by atoms with Crippen LogP contribution in [0.25, 0.3) is 0 Å². The molecule has 0 aromatic heterocycles. The lowest BCUT2D eigenvalue weighted by Crippen LogP contribution is -2.32. The van der Waals surface area contributed by atoms with Crippen molar-refractivity contribution < 1.29 is 18.8 Å². The average molecular weight is 305 g/mol. The number of benzene rings is 1. The Morgan fingerprint density at radius 2 is 2.32 bits per heavy atom. The average Bonchev–Trinajstić information content (AvgIpc) is 2.89. The molecule has 0 amide bonds. The number of hydrogen-bond acceptors (Lipinski definition) is 6. The number of hydrogen-bond donors (Lipinski definition) is 1. The summed E-state index contributed by atoms with van der Waals surface area (Å²) < 4.78 is 18.9. The minimum absolute atomic E-state index is 0.154. The van der Waals surface area contributed by atoms with Gasteiger partial charge in [0.1, 0.15) is 18.2 Å². The molecule has 7 heteroatoms. The van der Waals surface area contributed by atoms with Crippen LogP contribution in [0.1, 0.15) is 10.4 Å². The number of rotatable bonds is 3. The highest BCUT2D eigenvalue weighted by Gasteiger charge is 2.30. The predicted octanol–water partition coefficient (Wildman–Crippen LogP) is 1.40. The first-order valence-electron chi connectivity index (χ1n) is 6.79. The van der Waals surface area contributed by atoms with Gasteiger partial charge in [-0.05, 0) is 44.4 Å². The van der Waals surface area contributed by atoms with Gasteiger partial charge in [0, 0.05) is 0 Å². The minimum atomic E-state index is -0.627. The maximum atomic E-state index is 13.1. The van der Waals surface area contributed by atoms with E-state index in [-0.39, 0.29) is 18.5 Å². The summed E-state index contributed by atoms with van der Waals surface area (Å²) in [6, 6.07) is 5.37.